The first kappa shape index (κ1) is 13.6. The summed E-state index contributed by atoms with van der Waals surface area (Å²) in [5.41, 5.74) is 0.385. The molecular weight excluding hydrogens is 224 g/mol. The Labute approximate surface area is 110 Å². The van der Waals surface area contributed by atoms with E-state index >= 15 is 0 Å². The van der Waals surface area contributed by atoms with Crippen LogP contribution in [0.5, 0.6) is 0 Å². The molecule has 0 unspecified atom stereocenters. The van der Waals surface area contributed by atoms with Crippen LogP contribution in [-0.2, 0) is 12.1 Å². The van der Waals surface area contributed by atoms with Gasteiger partial charge in [0.1, 0.15) is 0 Å². The van der Waals surface area contributed by atoms with E-state index < -0.39 is 5.60 Å². The molecule has 1 heterocycles. The molecule has 1 N–H and O–H groups in total. The van der Waals surface area contributed by atoms with Gasteiger partial charge in [0.15, 0.2) is 0 Å². The second-order valence-corrected chi connectivity index (χ2v) is 6.11. The van der Waals surface area contributed by atoms with E-state index in [2.05, 4.69) is 25.9 Å². The van der Waals surface area contributed by atoms with Crippen molar-refractivity contribution >= 4 is 0 Å². The molecule has 0 atom stereocenters. The van der Waals surface area contributed by atoms with E-state index in [0.717, 1.165) is 56.0 Å². The average molecular weight is 250 g/mol. The molecule has 3 heteroatoms. The van der Waals surface area contributed by atoms with Crippen LogP contribution in [0.4, 0.5) is 0 Å². The van der Waals surface area contributed by atoms with Crippen molar-refractivity contribution in [2.45, 2.75) is 65.0 Å². The van der Waals surface area contributed by atoms with Gasteiger partial charge in [0.05, 0.1) is 11.8 Å². The predicted octanol–water partition coefficient (Wildman–Crippen LogP) is 3.33. The number of aliphatic hydroxyl groups is 1. The van der Waals surface area contributed by atoms with E-state index in [1.165, 1.54) is 0 Å². The summed E-state index contributed by atoms with van der Waals surface area (Å²) in [4.78, 5) is 0. The van der Waals surface area contributed by atoms with Crippen LogP contribution in [0.25, 0.3) is 0 Å². The lowest BCUT2D eigenvalue weighted by Crippen LogP contribution is -2.32. The van der Waals surface area contributed by atoms with Crippen molar-refractivity contribution < 1.29 is 5.11 Å². The Morgan fingerprint density at radius 1 is 1.44 bits per heavy atom. The van der Waals surface area contributed by atoms with Crippen molar-refractivity contribution in [3.63, 3.8) is 0 Å². The molecule has 1 aliphatic rings. The lowest BCUT2D eigenvalue weighted by atomic mass is 9.72. The smallest absolute Gasteiger partial charge is 0.0927 e. The van der Waals surface area contributed by atoms with Gasteiger partial charge in [-0.2, -0.15) is 5.10 Å². The molecule has 102 valence electrons. The molecule has 3 nitrogen and oxygen atoms in total. The molecule has 1 aromatic heterocycles. The summed E-state index contributed by atoms with van der Waals surface area (Å²) in [5, 5.41) is 15.1. The van der Waals surface area contributed by atoms with Crippen LogP contribution in [0.1, 0.15) is 58.4 Å². The van der Waals surface area contributed by atoms with Gasteiger partial charge in [-0.25, -0.2) is 0 Å². The van der Waals surface area contributed by atoms with Crippen LogP contribution in [-0.4, -0.2) is 14.9 Å². The first-order chi connectivity index (χ1) is 8.55. The Hall–Kier alpha value is -0.830. The van der Waals surface area contributed by atoms with E-state index in [9.17, 15) is 5.11 Å². The average Bonchev–Trinajstić information content (AvgIpc) is 2.79. The zero-order valence-electron chi connectivity index (χ0n) is 11.9. The first-order valence-electron chi connectivity index (χ1n) is 7.30. The fourth-order valence-corrected chi connectivity index (χ4v) is 3.03. The third-order valence-electron chi connectivity index (χ3n) is 4.42. The highest BCUT2D eigenvalue weighted by Gasteiger charge is 2.36. The van der Waals surface area contributed by atoms with Crippen LogP contribution >= 0.6 is 0 Å². The lowest BCUT2D eigenvalue weighted by Gasteiger charge is -2.37. The molecule has 1 saturated carbocycles. The second-order valence-electron chi connectivity index (χ2n) is 6.11. The van der Waals surface area contributed by atoms with Crippen molar-refractivity contribution in [2.75, 3.05) is 0 Å². The Balaban J connectivity index is 2.03. The molecule has 0 aliphatic heterocycles. The van der Waals surface area contributed by atoms with Crippen LogP contribution in [0.15, 0.2) is 12.4 Å². The Kier molecular flexibility index (Phi) is 4.10. The van der Waals surface area contributed by atoms with E-state index in [1.807, 2.05) is 17.1 Å². The van der Waals surface area contributed by atoms with Gasteiger partial charge in [0.25, 0.3) is 0 Å². The highest BCUT2D eigenvalue weighted by molar-refractivity contribution is 5.16. The second kappa shape index (κ2) is 5.43. The summed E-state index contributed by atoms with van der Waals surface area (Å²) >= 11 is 0. The third-order valence-corrected chi connectivity index (χ3v) is 4.42. The summed E-state index contributed by atoms with van der Waals surface area (Å²) in [7, 11) is 0. The van der Waals surface area contributed by atoms with Crippen molar-refractivity contribution in [1.29, 1.82) is 0 Å². The zero-order valence-corrected chi connectivity index (χ0v) is 11.9. The van der Waals surface area contributed by atoms with E-state index in [-0.39, 0.29) is 0 Å². The maximum absolute atomic E-state index is 10.8. The number of nitrogens with zero attached hydrogens (tertiary/aromatic N) is 2. The Bertz CT molecular complexity index is 376. The number of aromatic nitrogens is 2. The largest absolute Gasteiger partial charge is 0.385 e. The van der Waals surface area contributed by atoms with Crippen molar-refractivity contribution in [1.82, 2.24) is 9.78 Å². The van der Waals surface area contributed by atoms with Crippen LogP contribution in [0, 0.1) is 11.8 Å². The summed E-state index contributed by atoms with van der Waals surface area (Å²) in [5.74, 6) is 1.51. The van der Waals surface area contributed by atoms with Gasteiger partial charge in [-0.15, -0.1) is 0 Å². The summed E-state index contributed by atoms with van der Waals surface area (Å²) in [6, 6.07) is 0. The van der Waals surface area contributed by atoms with Gasteiger partial charge < -0.3 is 5.11 Å². The van der Waals surface area contributed by atoms with Gasteiger partial charge >= 0.3 is 0 Å². The Morgan fingerprint density at radius 2 is 2.11 bits per heavy atom. The zero-order chi connectivity index (χ0) is 13.2. The molecule has 2 rings (SSSR count). The SMILES string of the molecule is CCCn1cc(C2(O)CCC(C(C)C)CC2)cn1. The molecule has 0 bridgehead atoms. The minimum Gasteiger partial charge on any atom is -0.385 e. The monoisotopic (exact) mass is 250 g/mol. The van der Waals surface area contributed by atoms with Crippen LogP contribution in [0.2, 0.25) is 0 Å². The fraction of sp³-hybridized carbons (Fsp3) is 0.800. The molecule has 1 fully saturated rings. The maximum Gasteiger partial charge on any atom is 0.0927 e. The number of hydrogen-bond acceptors (Lipinski definition) is 2. The first-order valence-corrected chi connectivity index (χ1v) is 7.30. The third kappa shape index (κ3) is 2.77. The van der Waals surface area contributed by atoms with E-state index in [4.69, 9.17) is 0 Å². The van der Waals surface area contributed by atoms with Crippen LogP contribution < -0.4 is 0 Å². The minimum absolute atomic E-state index is 0.628. The molecular formula is C15H26N2O. The number of hydrogen-bond donors (Lipinski definition) is 1. The topological polar surface area (TPSA) is 38.0 Å². The molecule has 0 aromatic carbocycles. The molecule has 18 heavy (non-hydrogen) atoms. The van der Waals surface area contributed by atoms with Crippen LogP contribution in [0.3, 0.4) is 0 Å². The van der Waals surface area contributed by atoms with Crippen molar-refractivity contribution in [3.8, 4) is 0 Å². The predicted molar refractivity (Wildman–Crippen MR) is 73.2 cm³/mol. The van der Waals surface area contributed by atoms with Gasteiger partial charge in [0, 0.05) is 18.3 Å². The maximum atomic E-state index is 10.8. The number of rotatable bonds is 4. The summed E-state index contributed by atoms with van der Waals surface area (Å²) in [6.07, 6.45) is 8.99. The van der Waals surface area contributed by atoms with Crippen molar-refractivity contribution in [3.05, 3.63) is 18.0 Å². The highest BCUT2D eigenvalue weighted by Crippen LogP contribution is 2.41. The van der Waals surface area contributed by atoms with Crippen molar-refractivity contribution in [2.24, 2.45) is 11.8 Å². The minimum atomic E-state index is -0.628. The molecule has 0 radical (unpaired) electrons. The lowest BCUT2D eigenvalue weighted by molar-refractivity contribution is -0.0200. The Morgan fingerprint density at radius 3 is 2.67 bits per heavy atom. The van der Waals surface area contributed by atoms with Gasteiger partial charge in [0.2, 0.25) is 0 Å². The quantitative estimate of drug-likeness (QED) is 0.890. The fourth-order valence-electron chi connectivity index (χ4n) is 3.03. The van der Waals surface area contributed by atoms with Gasteiger partial charge in [-0.1, -0.05) is 20.8 Å². The summed E-state index contributed by atoms with van der Waals surface area (Å²) in [6.45, 7) is 7.65. The van der Waals surface area contributed by atoms with E-state index in [0.29, 0.717) is 0 Å². The standard InChI is InChI=1S/C15H26N2O/c1-4-9-17-11-14(10-16-17)15(18)7-5-13(6-8-15)12(2)3/h10-13,18H,4-9H2,1-3H3. The molecule has 1 aliphatic carbocycles. The van der Waals surface area contributed by atoms with Gasteiger partial charge in [-0.3, -0.25) is 4.68 Å². The normalized spacial score (nSPS) is 28.8. The summed E-state index contributed by atoms with van der Waals surface area (Å²) < 4.78 is 1.95. The number of aryl methyl sites for hydroxylation is 1. The highest BCUT2D eigenvalue weighted by atomic mass is 16.3. The van der Waals surface area contributed by atoms with E-state index in [1.54, 1.807) is 0 Å². The molecule has 0 spiro atoms. The molecule has 0 amide bonds. The van der Waals surface area contributed by atoms with Gasteiger partial charge in [-0.05, 0) is 43.9 Å². The molecule has 0 saturated heterocycles. The molecule has 1 aromatic rings.